The summed E-state index contributed by atoms with van der Waals surface area (Å²) in [6.45, 7) is 3.57. The Labute approximate surface area is 120 Å². The van der Waals surface area contributed by atoms with Crippen molar-refractivity contribution in [2.45, 2.75) is 13.3 Å². The lowest BCUT2D eigenvalue weighted by molar-refractivity contribution is -0.117. The molecule has 0 aliphatic carbocycles. The lowest BCUT2D eigenvalue weighted by Gasteiger charge is -2.19. The van der Waals surface area contributed by atoms with Crippen LogP contribution in [0, 0.1) is 5.82 Å². The van der Waals surface area contributed by atoms with Gasteiger partial charge in [-0.1, -0.05) is 22.9 Å². The summed E-state index contributed by atoms with van der Waals surface area (Å²) in [7, 11) is 0. The Hall–Kier alpha value is -0.980. The van der Waals surface area contributed by atoms with Gasteiger partial charge in [0, 0.05) is 17.6 Å². The Morgan fingerprint density at radius 1 is 1.53 bits per heavy atom. The molecule has 0 atom stereocenters. The van der Waals surface area contributed by atoms with Crippen molar-refractivity contribution in [1.29, 1.82) is 0 Å². The smallest absolute Gasteiger partial charge is 0.238 e. The van der Waals surface area contributed by atoms with Crippen LogP contribution in [-0.2, 0) is 4.79 Å². The van der Waals surface area contributed by atoms with Crippen molar-refractivity contribution in [3.05, 3.63) is 28.5 Å². The van der Waals surface area contributed by atoms with Gasteiger partial charge in [0.25, 0.3) is 0 Å². The number of halogens is 2. The van der Waals surface area contributed by atoms with Gasteiger partial charge in [-0.25, -0.2) is 4.39 Å². The van der Waals surface area contributed by atoms with Crippen LogP contribution >= 0.6 is 15.9 Å². The van der Waals surface area contributed by atoms with Crippen LogP contribution in [0.3, 0.4) is 0 Å². The first-order valence-electron chi connectivity index (χ1n) is 6.15. The normalized spacial score (nSPS) is 10.8. The van der Waals surface area contributed by atoms with E-state index in [9.17, 15) is 9.18 Å². The number of aliphatic hydroxyl groups is 1. The number of amides is 1. The molecular weight excluding hydrogens is 315 g/mol. The van der Waals surface area contributed by atoms with Crippen LogP contribution in [0.4, 0.5) is 10.1 Å². The maximum absolute atomic E-state index is 13.5. The summed E-state index contributed by atoms with van der Waals surface area (Å²) in [5, 5.41) is 11.3. The average Bonchev–Trinajstić information content (AvgIpc) is 2.38. The van der Waals surface area contributed by atoms with E-state index in [1.807, 2.05) is 11.8 Å². The van der Waals surface area contributed by atoms with Crippen molar-refractivity contribution < 1.29 is 14.3 Å². The predicted octanol–water partition coefficient (Wildman–Crippen LogP) is 2.23. The van der Waals surface area contributed by atoms with Crippen LogP contribution in [0.1, 0.15) is 13.3 Å². The molecule has 1 amide bonds. The molecule has 0 aromatic heterocycles. The van der Waals surface area contributed by atoms with E-state index >= 15 is 0 Å². The number of likely N-dealkylation sites (N-methyl/N-ethyl adjacent to an activating group) is 1. The average molecular weight is 333 g/mol. The molecule has 2 N–H and O–H groups in total. The van der Waals surface area contributed by atoms with Gasteiger partial charge in [0.2, 0.25) is 5.91 Å². The second-order valence-electron chi connectivity index (χ2n) is 4.12. The minimum absolute atomic E-state index is 0.0967. The highest BCUT2D eigenvalue weighted by Crippen LogP contribution is 2.19. The Morgan fingerprint density at radius 2 is 2.26 bits per heavy atom. The molecule has 19 heavy (non-hydrogen) atoms. The van der Waals surface area contributed by atoms with Gasteiger partial charge in [0.1, 0.15) is 5.82 Å². The second kappa shape index (κ2) is 8.24. The fourth-order valence-electron chi connectivity index (χ4n) is 1.63. The molecule has 0 fully saturated rings. The van der Waals surface area contributed by atoms with E-state index in [0.29, 0.717) is 24.0 Å². The SMILES string of the molecule is CCN(CCCO)CC(=O)Nc1ccc(Br)cc1F. The fourth-order valence-corrected chi connectivity index (χ4v) is 1.96. The molecule has 0 spiro atoms. The minimum Gasteiger partial charge on any atom is -0.396 e. The molecular formula is C13H18BrFN2O2. The summed E-state index contributed by atoms with van der Waals surface area (Å²) >= 11 is 3.16. The summed E-state index contributed by atoms with van der Waals surface area (Å²) in [6.07, 6.45) is 0.619. The van der Waals surface area contributed by atoms with Crippen molar-refractivity contribution in [1.82, 2.24) is 4.90 Å². The monoisotopic (exact) mass is 332 g/mol. The number of anilines is 1. The van der Waals surface area contributed by atoms with Crippen LogP contribution in [0.2, 0.25) is 0 Å². The number of hydrogen-bond donors (Lipinski definition) is 2. The molecule has 0 aliphatic heterocycles. The van der Waals surface area contributed by atoms with E-state index in [4.69, 9.17) is 5.11 Å². The molecule has 0 radical (unpaired) electrons. The van der Waals surface area contributed by atoms with Gasteiger partial charge in [0.05, 0.1) is 12.2 Å². The number of nitrogens with zero attached hydrogens (tertiary/aromatic N) is 1. The van der Waals surface area contributed by atoms with Crippen LogP contribution in [0.5, 0.6) is 0 Å². The maximum Gasteiger partial charge on any atom is 0.238 e. The van der Waals surface area contributed by atoms with Crippen LogP contribution in [0.15, 0.2) is 22.7 Å². The van der Waals surface area contributed by atoms with Gasteiger partial charge >= 0.3 is 0 Å². The zero-order valence-electron chi connectivity index (χ0n) is 10.8. The zero-order valence-corrected chi connectivity index (χ0v) is 12.4. The van der Waals surface area contributed by atoms with Crippen molar-refractivity contribution >= 4 is 27.5 Å². The first-order chi connectivity index (χ1) is 9.06. The van der Waals surface area contributed by atoms with Gasteiger partial charge in [-0.05, 0) is 31.2 Å². The molecule has 0 heterocycles. The molecule has 4 nitrogen and oxygen atoms in total. The Morgan fingerprint density at radius 3 is 2.84 bits per heavy atom. The highest BCUT2D eigenvalue weighted by molar-refractivity contribution is 9.10. The molecule has 0 saturated heterocycles. The topological polar surface area (TPSA) is 52.6 Å². The summed E-state index contributed by atoms with van der Waals surface area (Å²) in [5.74, 6) is -0.734. The van der Waals surface area contributed by atoms with E-state index < -0.39 is 5.82 Å². The summed E-state index contributed by atoms with van der Waals surface area (Å²) in [4.78, 5) is 13.7. The highest BCUT2D eigenvalue weighted by atomic mass is 79.9. The third-order valence-electron chi connectivity index (χ3n) is 2.65. The number of rotatable bonds is 7. The predicted molar refractivity (Wildman–Crippen MR) is 76.5 cm³/mol. The maximum atomic E-state index is 13.5. The van der Waals surface area contributed by atoms with E-state index in [-0.39, 0.29) is 24.7 Å². The van der Waals surface area contributed by atoms with E-state index in [1.54, 1.807) is 6.07 Å². The number of benzene rings is 1. The van der Waals surface area contributed by atoms with Gasteiger partial charge in [-0.2, -0.15) is 0 Å². The number of nitrogens with one attached hydrogen (secondary N) is 1. The van der Waals surface area contributed by atoms with E-state index in [0.717, 1.165) is 0 Å². The second-order valence-corrected chi connectivity index (χ2v) is 5.03. The summed E-state index contributed by atoms with van der Waals surface area (Å²) < 4.78 is 14.2. The quantitative estimate of drug-likeness (QED) is 0.805. The summed E-state index contributed by atoms with van der Waals surface area (Å²) in [5.41, 5.74) is 0.173. The molecule has 1 aromatic carbocycles. The van der Waals surface area contributed by atoms with Crippen LogP contribution in [-0.4, -0.2) is 42.2 Å². The Balaban J connectivity index is 2.54. The van der Waals surface area contributed by atoms with Crippen LogP contribution in [0.25, 0.3) is 0 Å². The van der Waals surface area contributed by atoms with Crippen LogP contribution < -0.4 is 5.32 Å². The first-order valence-corrected chi connectivity index (χ1v) is 6.94. The molecule has 1 rings (SSSR count). The van der Waals surface area contributed by atoms with E-state index in [2.05, 4.69) is 21.2 Å². The molecule has 0 bridgehead atoms. The Bertz CT molecular complexity index is 429. The lowest BCUT2D eigenvalue weighted by atomic mass is 10.3. The van der Waals surface area contributed by atoms with Crippen molar-refractivity contribution in [2.75, 3.05) is 31.6 Å². The standard InChI is InChI=1S/C13H18BrFN2O2/c1-2-17(6-3-7-18)9-13(19)16-12-5-4-10(14)8-11(12)15/h4-5,8,18H,2-3,6-7,9H2,1H3,(H,16,19). The molecule has 0 aliphatic rings. The van der Waals surface area contributed by atoms with Crippen molar-refractivity contribution in [3.63, 3.8) is 0 Å². The molecule has 6 heteroatoms. The third-order valence-corrected chi connectivity index (χ3v) is 3.15. The van der Waals surface area contributed by atoms with Gasteiger partial charge < -0.3 is 10.4 Å². The lowest BCUT2D eigenvalue weighted by Crippen LogP contribution is -2.34. The summed E-state index contributed by atoms with van der Waals surface area (Å²) in [6, 6.07) is 4.49. The molecule has 106 valence electrons. The zero-order chi connectivity index (χ0) is 14.3. The minimum atomic E-state index is -0.471. The van der Waals surface area contributed by atoms with Gasteiger partial charge in [-0.3, -0.25) is 9.69 Å². The molecule has 0 unspecified atom stereocenters. The van der Waals surface area contributed by atoms with Crippen molar-refractivity contribution in [3.8, 4) is 0 Å². The van der Waals surface area contributed by atoms with Gasteiger partial charge in [-0.15, -0.1) is 0 Å². The number of hydrogen-bond acceptors (Lipinski definition) is 3. The number of carbonyl (C=O) groups excluding carboxylic acids is 1. The number of carbonyl (C=O) groups is 1. The molecule has 1 aromatic rings. The Kier molecular flexibility index (Phi) is 6.97. The van der Waals surface area contributed by atoms with Gasteiger partial charge in [0.15, 0.2) is 0 Å². The first kappa shape index (κ1) is 16.1. The van der Waals surface area contributed by atoms with Crippen molar-refractivity contribution in [2.24, 2.45) is 0 Å². The fraction of sp³-hybridized carbons (Fsp3) is 0.462. The largest absolute Gasteiger partial charge is 0.396 e. The number of aliphatic hydroxyl groups excluding tert-OH is 1. The highest BCUT2D eigenvalue weighted by Gasteiger charge is 2.11. The third kappa shape index (κ3) is 5.67. The van der Waals surface area contributed by atoms with E-state index in [1.165, 1.54) is 12.1 Å². The molecule has 0 saturated carbocycles.